The van der Waals surface area contributed by atoms with E-state index >= 15 is 0 Å². The number of esters is 1. The van der Waals surface area contributed by atoms with Gasteiger partial charge in [0.1, 0.15) is 11.2 Å². The normalized spacial score (nSPS) is 35.4. The summed E-state index contributed by atoms with van der Waals surface area (Å²) in [5, 5.41) is 21.4. The molecule has 4 bridgehead atoms. The zero-order chi connectivity index (χ0) is 18.9. The summed E-state index contributed by atoms with van der Waals surface area (Å²) >= 11 is 0. The highest BCUT2D eigenvalue weighted by molar-refractivity contribution is 5.87. The van der Waals surface area contributed by atoms with Gasteiger partial charge >= 0.3 is 5.97 Å². The van der Waals surface area contributed by atoms with Crippen molar-refractivity contribution in [2.24, 2.45) is 11.3 Å². The third kappa shape index (κ3) is 1.95. The molecule has 3 fully saturated rings. The highest BCUT2D eigenvalue weighted by Gasteiger charge is 2.64. The van der Waals surface area contributed by atoms with Gasteiger partial charge < -0.3 is 19.9 Å². The molecule has 1 aromatic carbocycles. The van der Waals surface area contributed by atoms with E-state index < -0.39 is 5.41 Å². The summed E-state index contributed by atoms with van der Waals surface area (Å²) < 4.78 is 5.20. The molecule has 4 aliphatic rings. The second-order valence-corrected chi connectivity index (χ2v) is 8.00. The Morgan fingerprint density at radius 2 is 2.30 bits per heavy atom. The van der Waals surface area contributed by atoms with Crippen molar-refractivity contribution >= 4 is 16.9 Å². The molecule has 0 spiro atoms. The molecule has 0 aliphatic carbocycles. The van der Waals surface area contributed by atoms with Crippen molar-refractivity contribution in [2.75, 3.05) is 20.3 Å². The van der Waals surface area contributed by atoms with Crippen molar-refractivity contribution in [1.29, 1.82) is 0 Å². The van der Waals surface area contributed by atoms with Crippen LogP contribution in [0.2, 0.25) is 0 Å². The number of benzene rings is 1. The topological polar surface area (TPSA) is 85.8 Å². The highest BCUT2D eigenvalue weighted by Crippen LogP contribution is 2.59. The number of fused-ring (bicyclic) bond motifs is 4. The van der Waals surface area contributed by atoms with Gasteiger partial charge in [0.25, 0.3) is 0 Å². The Hall–Kier alpha value is -2.31. The monoisotopic (exact) mass is 368 g/mol. The molecule has 6 nitrogen and oxygen atoms in total. The first-order valence-corrected chi connectivity index (χ1v) is 9.48. The molecule has 5 atom stereocenters. The van der Waals surface area contributed by atoms with Gasteiger partial charge in [0.05, 0.1) is 19.8 Å². The predicted molar refractivity (Wildman–Crippen MR) is 100 cm³/mol. The van der Waals surface area contributed by atoms with Gasteiger partial charge in [0.2, 0.25) is 0 Å². The third-order valence-corrected chi connectivity index (χ3v) is 7.14. The minimum atomic E-state index is -0.941. The van der Waals surface area contributed by atoms with E-state index in [1.807, 2.05) is 13.0 Å². The molecule has 0 amide bonds. The lowest BCUT2D eigenvalue weighted by atomic mass is 9.55. The van der Waals surface area contributed by atoms with E-state index in [1.54, 1.807) is 12.1 Å². The minimum Gasteiger partial charge on any atom is -0.508 e. The molecule has 2 aromatic rings. The average Bonchev–Trinajstić information content (AvgIpc) is 3.05. The molecular weight excluding hydrogens is 344 g/mol. The predicted octanol–water partition coefficient (Wildman–Crippen LogP) is 2.27. The number of hydrogen-bond acceptors (Lipinski definition) is 5. The van der Waals surface area contributed by atoms with Gasteiger partial charge in [0, 0.05) is 35.1 Å². The lowest BCUT2D eigenvalue weighted by Crippen LogP contribution is -2.69. The van der Waals surface area contributed by atoms with Gasteiger partial charge in [-0.05, 0) is 43.5 Å². The molecule has 142 valence electrons. The molecule has 6 rings (SSSR count). The Bertz CT molecular complexity index is 978. The molecule has 5 heterocycles. The molecule has 1 aromatic heterocycles. The molecule has 6 heteroatoms. The quantitative estimate of drug-likeness (QED) is 0.559. The van der Waals surface area contributed by atoms with E-state index in [4.69, 9.17) is 4.74 Å². The number of nitrogens with one attached hydrogen (secondary N) is 1. The fraction of sp³-hybridized carbons (Fsp3) is 0.476. The van der Waals surface area contributed by atoms with Gasteiger partial charge in [0.15, 0.2) is 0 Å². The van der Waals surface area contributed by atoms with E-state index in [0.29, 0.717) is 6.42 Å². The lowest BCUT2D eigenvalue weighted by Gasteiger charge is -2.62. The first kappa shape index (κ1) is 16.8. The van der Waals surface area contributed by atoms with Crippen molar-refractivity contribution in [3.05, 3.63) is 41.1 Å². The van der Waals surface area contributed by atoms with Crippen LogP contribution in [0.5, 0.6) is 5.75 Å². The summed E-state index contributed by atoms with van der Waals surface area (Å²) in [6.07, 6.45) is 3.51. The van der Waals surface area contributed by atoms with Crippen LogP contribution >= 0.6 is 0 Å². The molecular formula is C21H24N2O4. The number of aromatic amines is 1. The van der Waals surface area contributed by atoms with Crippen molar-refractivity contribution in [1.82, 2.24) is 9.88 Å². The summed E-state index contributed by atoms with van der Waals surface area (Å²) in [6, 6.07) is 5.45. The third-order valence-electron chi connectivity index (χ3n) is 7.14. The van der Waals surface area contributed by atoms with Crippen LogP contribution in [0.25, 0.3) is 10.9 Å². The Kier molecular flexibility index (Phi) is 3.49. The zero-order valence-corrected chi connectivity index (χ0v) is 15.5. The fourth-order valence-corrected chi connectivity index (χ4v) is 5.92. The maximum Gasteiger partial charge on any atom is 0.316 e. The number of carbonyl (C=O) groups is 1. The number of phenolic OH excluding ortho intramolecular Hbond substituents is 1. The van der Waals surface area contributed by atoms with Crippen LogP contribution in [0.3, 0.4) is 0 Å². The number of carbonyl (C=O) groups excluding carboxylic acids is 1. The maximum atomic E-state index is 13.0. The number of aliphatic hydroxyl groups is 1. The number of aliphatic hydroxyl groups excluding tert-OH is 1. The number of H-pyrrole nitrogens is 1. The Morgan fingerprint density at radius 1 is 1.48 bits per heavy atom. The molecule has 3 saturated heterocycles. The van der Waals surface area contributed by atoms with Gasteiger partial charge in [-0.3, -0.25) is 9.69 Å². The molecule has 0 radical (unpaired) electrons. The van der Waals surface area contributed by atoms with Crippen molar-refractivity contribution in [3.63, 3.8) is 0 Å². The SMILES string of the molecule is CC=C1CN2[C@H]3Cc4c([nH]c5ccc(O)cc45)[C@@H]2C[C@@H]1[C@@]3(CO)C(=O)OC. The standard InChI is InChI=1S/C21H24N2O4/c1-3-11-9-23-17-8-15(11)21(10-24,20(26)27-2)18(23)7-14-13-6-12(25)4-5-16(13)22-19(14)17/h3-6,15,17-18,22,24-25H,7-10H2,1-2H3/t15-,17-,18-,21+/m0/s1. The summed E-state index contributed by atoms with van der Waals surface area (Å²) in [5.41, 5.74) is 3.60. The number of nitrogens with zero attached hydrogens (tertiary/aromatic N) is 1. The summed E-state index contributed by atoms with van der Waals surface area (Å²) in [4.78, 5) is 18.9. The maximum absolute atomic E-state index is 13.0. The van der Waals surface area contributed by atoms with Crippen LogP contribution in [0.1, 0.15) is 30.6 Å². The molecule has 4 aliphatic heterocycles. The lowest BCUT2D eigenvalue weighted by molar-refractivity contribution is -0.183. The smallest absolute Gasteiger partial charge is 0.316 e. The van der Waals surface area contributed by atoms with Crippen molar-refractivity contribution in [2.45, 2.75) is 31.8 Å². The number of aromatic nitrogens is 1. The number of rotatable bonds is 2. The second-order valence-electron chi connectivity index (χ2n) is 8.00. The van der Waals surface area contributed by atoms with Crippen LogP contribution in [0.15, 0.2) is 29.8 Å². The van der Waals surface area contributed by atoms with E-state index in [2.05, 4.69) is 16.0 Å². The summed E-state index contributed by atoms with van der Waals surface area (Å²) in [6.45, 7) is 2.59. The number of ether oxygens (including phenoxy) is 1. The summed E-state index contributed by atoms with van der Waals surface area (Å²) in [7, 11) is 1.40. The Labute approximate surface area is 157 Å². The second kappa shape index (κ2) is 5.59. The number of aromatic hydroxyl groups is 1. The van der Waals surface area contributed by atoms with Crippen molar-refractivity contribution in [3.8, 4) is 5.75 Å². The van der Waals surface area contributed by atoms with E-state index in [0.717, 1.165) is 29.4 Å². The highest BCUT2D eigenvalue weighted by atomic mass is 16.5. The number of piperidine rings is 3. The fourth-order valence-electron chi connectivity index (χ4n) is 5.92. The summed E-state index contributed by atoms with van der Waals surface area (Å²) in [5.74, 6) is -0.110. The number of phenols is 1. The van der Waals surface area contributed by atoms with Crippen LogP contribution in [-0.2, 0) is 16.0 Å². The van der Waals surface area contributed by atoms with E-state index in [-0.39, 0.29) is 36.3 Å². The van der Waals surface area contributed by atoms with E-state index in [9.17, 15) is 15.0 Å². The molecule has 3 N–H and O–H groups in total. The first-order valence-electron chi connectivity index (χ1n) is 9.48. The first-order chi connectivity index (χ1) is 13.0. The average molecular weight is 368 g/mol. The van der Waals surface area contributed by atoms with Crippen LogP contribution < -0.4 is 0 Å². The van der Waals surface area contributed by atoms with Gasteiger partial charge in [-0.25, -0.2) is 0 Å². The Balaban J connectivity index is 1.73. The van der Waals surface area contributed by atoms with Gasteiger partial charge in [-0.2, -0.15) is 0 Å². The molecule has 27 heavy (non-hydrogen) atoms. The number of hydrogen-bond donors (Lipinski definition) is 3. The van der Waals surface area contributed by atoms with Gasteiger partial charge in [-0.15, -0.1) is 0 Å². The number of allylic oxidation sites excluding steroid dienone is 1. The molecule has 1 unspecified atom stereocenters. The largest absolute Gasteiger partial charge is 0.508 e. The zero-order valence-electron chi connectivity index (χ0n) is 15.5. The molecule has 0 saturated carbocycles. The van der Waals surface area contributed by atoms with E-state index in [1.165, 1.54) is 18.4 Å². The van der Waals surface area contributed by atoms with Crippen molar-refractivity contribution < 1.29 is 19.7 Å². The Morgan fingerprint density at radius 3 is 3.00 bits per heavy atom. The van der Waals surface area contributed by atoms with Crippen LogP contribution in [0.4, 0.5) is 0 Å². The van der Waals surface area contributed by atoms with Gasteiger partial charge in [-0.1, -0.05) is 11.6 Å². The number of methoxy groups -OCH3 is 1. The van der Waals surface area contributed by atoms with Crippen LogP contribution in [-0.4, -0.2) is 52.4 Å². The van der Waals surface area contributed by atoms with Crippen LogP contribution in [0, 0.1) is 11.3 Å². The minimum absolute atomic E-state index is 0.0204.